The van der Waals surface area contributed by atoms with Gasteiger partial charge in [-0.3, -0.25) is 4.98 Å². The van der Waals surface area contributed by atoms with Crippen LogP contribution in [0.4, 0.5) is 0 Å². The second kappa shape index (κ2) is 7.75. The second-order valence-corrected chi connectivity index (χ2v) is 4.88. The molecule has 6 heteroatoms. The highest BCUT2D eigenvalue weighted by Crippen LogP contribution is 2.05. The molecular formula is C12H6BrIN4. The summed E-state index contributed by atoms with van der Waals surface area (Å²) >= 11 is 5.21. The van der Waals surface area contributed by atoms with Gasteiger partial charge >= 0.3 is 0 Å². The largest absolute Gasteiger partial charge is 0.250 e. The number of aromatic nitrogens is 2. The van der Waals surface area contributed by atoms with E-state index in [1.807, 2.05) is 12.1 Å². The standard InChI is InChI=1S/C6H3BrN2.C6H3IN2/c2*7-6-3-5(4-8)1-2-9-6/h2*1-3H. The fourth-order valence-corrected chi connectivity index (χ4v) is 1.81. The summed E-state index contributed by atoms with van der Waals surface area (Å²) in [5.74, 6) is 0. The third-order valence-corrected chi connectivity index (χ3v) is 2.73. The number of nitriles is 2. The van der Waals surface area contributed by atoms with Crippen molar-refractivity contribution in [1.82, 2.24) is 9.97 Å². The van der Waals surface area contributed by atoms with Crippen LogP contribution in [0, 0.1) is 26.4 Å². The maximum absolute atomic E-state index is 8.38. The van der Waals surface area contributed by atoms with Crippen LogP contribution in [0.2, 0.25) is 0 Å². The van der Waals surface area contributed by atoms with Gasteiger partial charge < -0.3 is 0 Å². The van der Waals surface area contributed by atoms with E-state index in [0.29, 0.717) is 15.7 Å². The zero-order chi connectivity index (χ0) is 13.4. The molecule has 0 bridgehead atoms. The van der Waals surface area contributed by atoms with Crippen LogP contribution >= 0.6 is 38.5 Å². The minimum atomic E-state index is 0.622. The molecule has 0 aliphatic carbocycles. The van der Waals surface area contributed by atoms with Gasteiger partial charge in [0, 0.05) is 12.4 Å². The Balaban J connectivity index is 0.000000180. The molecule has 2 aromatic rings. The summed E-state index contributed by atoms with van der Waals surface area (Å²) < 4.78 is 1.55. The van der Waals surface area contributed by atoms with Gasteiger partial charge in [-0.15, -0.1) is 0 Å². The first-order valence-electron chi connectivity index (χ1n) is 4.69. The van der Waals surface area contributed by atoms with Gasteiger partial charge in [-0.2, -0.15) is 10.5 Å². The molecule has 0 aliphatic rings. The summed E-state index contributed by atoms with van der Waals surface area (Å²) in [6.07, 6.45) is 3.21. The van der Waals surface area contributed by atoms with Crippen molar-refractivity contribution in [3.63, 3.8) is 0 Å². The Morgan fingerprint density at radius 1 is 1.00 bits per heavy atom. The van der Waals surface area contributed by atoms with Crippen LogP contribution in [-0.4, -0.2) is 9.97 Å². The first kappa shape index (κ1) is 14.6. The van der Waals surface area contributed by atoms with Gasteiger partial charge in [0.1, 0.15) is 8.30 Å². The Morgan fingerprint density at radius 2 is 1.56 bits per heavy atom. The molecule has 2 rings (SSSR count). The Kier molecular flexibility index (Phi) is 6.26. The molecule has 0 amide bonds. The fourth-order valence-electron chi connectivity index (χ4n) is 0.944. The molecule has 0 aromatic carbocycles. The van der Waals surface area contributed by atoms with E-state index in [9.17, 15) is 0 Å². The van der Waals surface area contributed by atoms with Crippen molar-refractivity contribution in [1.29, 1.82) is 10.5 Å². The second-order valence-electron chi connectivity index (χ2n) is 2.96. The van der Waals surface area contributed by atoms with E-state index in [-0.39, 0.29) is 0 Å². The molecular weight excluding hydrogens is 407 g/mol. The van der Waals surface area contributed by atoms with E-state index >= 15 is 0 Å². The van der Waals surface area contributed by atoms with Crippen LogP contribution in [-0.2, 0) is 0 Å². The smallest absolute Gasteiger partial charge is 0.107 e. The molecule has 0 spiro atoms. The number of hydrogen-bond acceptors (Lipinski definition) is 4. The van der Waals surface area contributed by atoms with Crippen molar-refractivity contribution in [2.24, 2.45) is 0 Å². The lowest BCUT2D eigenvalue weighted by atomic mass is 10.3. The Bertz CT molecular complexity index is 560. The number of pyridine rings is 2. The van der Waals surface area contributed by atoms with E-state index in [2.05, 4.69) is 48.5 Å². The van der Waals surface area contributed by atoms with Crippen molar-refractivity contribution >= 4 is 38.5 Å². The number of nitrogens with zero attached hydrogens (tertiary/aromatic N) is 4. The fraction of sp³-hybridized carbons (Fsp3) is 0. The van der Waals surface area contributed by atoms with Crippen LogP contribution in [0.5, 0.6) is 0 Å². The molecule has 4 nitrogen and oxygen atoms in total. The molecule has 0 atom stereocenters. The van der Waals surface area contributed by atoms with Crippen LogP contribution in [0.3, 0.4) is 0 Å². The Morgan fingerprint density at radius 3 is 1.94 bits per heavy atom. The lowest BCUT2D eigenvalue weighted by Gasteiger charge is -1.86. The molecule has 2 aromatic heterocycles. The molecule has 0 saturated carbocycles. The monoisotopic (exact) mass is 412 g/mol. The van der Waals surface area contributed by atoms with E-state index in [1.54, 1.807) is 36.7 Å². The predicted octanol–water partition coefficient (Wildman–Crippen LogP) is 3.27. The third kappa shape index (κ3) is 5.21. The van der Waals surface area contributed by atoms with E-state index in [0.717, 1.165) is 3.70 Å². The quantitative estimate of drug-likeness (QED) is 0.491. The predicted molar refractivity (Wildman–Crippen MR) is 78.3 cm³/mol. The minimum Gasteiger partial charge on any atom is -0.250 e. The van der Waals surface area contributed by atoms with Gasteiger partial charge in [-0.05, 0) is 62.8 Å². The van der Waals surface area contributed by atoms with Crippen molar-refractivity contribution in [2.45, 2.75) is 0 Å². The van der Waals surface area contributed by atoms with Crippen molar-refractivity contribution in [3.8, 4) is 12.1 Å². The molecule has 18 heavy (non-hydrogen) atoms. The molecule has 0 N–H and O–H groups in total. The van der Waals surface area contributed by atoms with Crippen molar-refractivity contribution < 1.29 is 0 Å². The first-order valence-corrected chi connectivity index (χ1v) is 6.56. The van der Waals surface area contributed by atoms with Gasteiger partial charge in [-0.1, -0.05) is 0 Å². The van der Waals surface area contributed by atoms with Crippen molar-refractivity contribution in [2.75, 3.05) is 0 Å². The van der Waals surface area contributed by atoms with Crippen LogP contribution in [0.25, 0.3) is 0 Å². The molecule has 0 radical (unpaired) electrons. The van der Waals surface area contributed by atoms with Gasteiger partial charge in [0.2, 0.25) is 0 Å². The molecule has 2 heterocycles. The van der Waals surface area contributed by atoms with Crippen LogP contribution in [0.1, 0.15) is 11.1 Å². The summed E-state index contributed by atoms with van der Waals surface area (Å²) in [4.78, 5) is 7.78. The van der Waals surface area contributed by atoms with Crippen LogP contribution in [0.15, 0.2) is 41.3 Å². The maximum Gasteiger partial charge on any atom is 0.107 e. The first-order chi connectivity index (χ1) is 8.65. The highest BCUT2D eigenvalue weighted by molar-refractivity contribution is 14.1. The molecule has 88 valence electrons. The topological polar surface area (TPSA) is 73.4 Å². The lowest BCUT2D eigenvalue weighted by Crippen LogP contribution is -1.79. The normalized spacial score (nSPS) is 8.44. The van der Waals surface area contributed by atoms with Gasteiger partial charge in [0.25, 0.3) is 0 Å². The summed E-state index contributed by atoms with van der Waals surface area (Å²) in [6, 6.07) is 10.8. The number of hydrogen-bond donors (Lipinski definition) is 0. The Hall–Kier alpha value is -1.51. The third-order valence-electron chi connectivity index (χ3n) is 1.71. The summed E-state index contributed by atoms with van der Waals surface area (Å²) in [5.41, 5.74) is 1.28. The highest BCUT2D eigenvalue weighted by atomic mass is 127. The zero-order valence-corrected chi connectivity index (χ0v) is 12.8. The molecule has 0 aliphatic heterocycles. The SMILES string of the molecule is N#Cc1ccnc(Br)c1.N#Cc1ccnc(I)c1. The molecule has 0 fully saturated rings. The molecule has 0 unspecified atom stereocenters. The van der Waals surface area contributed by atoms with E-state index < -0.39 is 0 Å². The summed E-state index contributed by atoms with van der Waals surface area (Å²) in [6.45, 7) is 0. The highest BCUT2D eigenvalue weighted by Gasteiger charge is 1.89. The minimum absolute atomic E-state index is 0.622. The average molecular weight is 413 g/mol. The average Bonchev–Trinajstić information content (AvgIpc) is 2.39. The van der Waals surface area contributed by atoms with Crippen molar-refractivity contribution in [3.05, 3.63) is 56.1 Å². The van der Waals surface area contributed by atoms with E-state index in [1.165, 1.54) is 0 Å². The van der Waals surface area contributed by atoms with Gasteiger partial charge in [0.05, 0.1) is 23.3 Å². The summed E-state index contributed by atoms with van der Waals surface area (Å²) in [5, 5.41) is 16.7. The van der Waals surface area contributed by atoms with Gasteiger partial charge in [0.15, 0.2) is 0 Å². The number of halogens is 2. The zero-order valence-electron chi connectivity index (χ0n) is 9.01. The Labute approximate surface area is 127 Å². The van der Waals surface area contributed by atoms with Gasteiger partial charge in [-0.25, -0.2) is 4.98 Å². The van der Waals surface area contributed by atoms with Crippen LogP contribution < -0.4 is 0 Å². The lowest BCUT2D eigenvalue weighted by molar-refractivity contribution is 1.26. The molecule has 0 saturated heterocycles. The maximum atomic E-state index is 8.38. The number of rotatable bonds is 0. The summed E-state index contributed by atoms with van der Waals surface area (Å²) in [7, 11) is 0. The van der Waals surface area contributed by atoms with E-state index in [4.69, 9.17) is 10.5 Å².